The number of hydrogen-bond acceptors (Lipinski definition) is 5. The number of carbonyl (C=O) groups excluding carboxylic acids is 1. The van der Waals surface area contributed by atoms with Gasteiger partial charge in [-0.05, 0) is 6.92 Å². The summed E-state index contributed by atoms with van der Waals surface area (Å²) in [6, 6.07) is 0. The lowest BCUT2D eigenvalue weighted by Gasteiger charge is -2.01. The smallest absolute Gasteiger partial charge is 0.339 e. The number of amides is 1. The van der Waals surface area contributed by atoms with Crippen LogP contribution in [0, 0.1) is 13.8 Å². The topological polar surface area (TPSA) is 121 Å². The van der Waals surface area contributed by atoms with Gasteiger partial charge in [-0.25, -0.2) is 4.79 Å². The highest BCUT2D eigenvalue weighted by molar-refractivity contribution is 6.06. The molecule has 94 valence electrons. The van der Waals surface area contributed by atoms with E-state index in [1.54, 1.807) is 13.8 Å². The van der Waals surface area contributed by atoms with Gasteiger partial charge in [-0.3, -0.25) is 4.79 Å². The predicted molar refractivity (Wildman–Crippen MR) is 59.5 cm³/mol. The molecule has 8 nitrogen and oxygen atoms in total. The Morgan fingerprint density at radius 3 is 2.72 bits per heavy atom. The van der Waals surface area contributed by atoms with Crippen molar-refractivity contribution in [1.29, 1.82) is 0 Å². The molecule has 0 spiro atoms. The highest BCUT2D eigenvalue weighted by Crippen LogP contribution is 2.19. The Bertz CT molecular complexity index is 613. The lowest BCUT2D eigenvalue weighted by atomic mass is 10.2. The molecule has 1 amide bonds. The summed E-state index contributed by atoms with van der Waals surface area (Å²) in [5.41, 5.74) is 0.609. The van der Waals surface area contributed by atoms with E-state index in [-0.39, 0.29) is 23.0 Å². The molecular formula is C10H10N4O4. The van der Waals surface area contributed by atoms with Crippen molar-refractivity contribution in [3.63, 3.8) is 0 Å². The minimum absolute atomic E-state index is 0.00330. The van der Waals surface area contributed by atoms with Crippen LogP contribution in [0.25, 0.3) is 0 Å². The Morgan fingerprint density at radius 1 is 1.44 bits per heavy atom. The van der Waals surface area contributed by atoms with E-state index < -0.39 is 11.9 Å². The van der Waals surface area contributed by atoms with Gasteiger partial charge in [0.2, 0.25) is 5.89 Å². The van der Waals surface area contributed by atoms with Crippen LogP contribution in [0.3, 0.4) is 0 Å². The zero-order valence-electron chi connectivity index (χ0n) is 9.64. The fourth-order valence-corrected chi connectivity index (χ4v) is 1.47. The molecule has 2 rings (SSSR count). The van der Waals surface area contributed by atoms with Crippen molar-refractivity contribution in [1.82, 2.24) is 15.1 Å². The zero-order chi connectivity index (χ0) is 13.3. The molecule has 2 aromatic rings. The molecule has 0 fully saturated rings. The summed E-state index contributed by atoms with van der Waals surface area (Å²) in [5, 5.41) is 14.8. The summed E-state index contributed by atoms with van der Waals surface area (Å²) >= 11 is 0. The van der Waals surface area contributed by atoms with E-state index in [0.29, 0.717) is 5.69 Å². The highest BCUT2D eigenvalue weighted by atomic mass is 16.5. The van der Waals surface area contributed by atoms with Crippen molar-refractivity contribution in [2.45, 2.75) is 13.8 Å². The van der Waals surface area contributed by atoms with Gasteiger partial charge in [0.05, 0.1) is 5.69 Å². The summed E-state index contributed by atoms with van der Waals surface area (Å²) < 4.78 is 4.66. The Balaban J connectivity index is 2.25. The molecule has 8 heteroatoms. The van der Waals surface area contributed by atoms with Gasteiger partial charge in [-0.1, -0.05) is 5.16 Å². The number of aryl methyl sites for hydroxylation is 2. The quantitative estimate of drug-likeness (QED) is 0.746. The van der Waals surface area contributed by atoms with Crippen LogP contribution in [-0.4, -0.2) is 32.1 Å². The predicted octanol–water partition coefficient (Wildman–Crippen LogP) is 0.965. The van der Waals surface area contributed by atoms with Crippen LogP contribution in [0.2, 0.25) is 0 Å². The fraction of sp³-hybridized carbons (Fsp3) is 0.200. The molecule has 0 aliphatic carbocycles. The van der Waals surface area contributed by atoms with E-state index in [1.165, 1.54) is 6.20 Å². The molecule has 0 aliphatic rings. The summed E-state index contributed by atoms with van der Waals surface area (Å²) in [5.74, 6) is -1.66. The molecule has 2 heterocycles. The molecule has 0 bridgehead atoms. The van der Waals surface area contributed by atoms with Crippen LogP contribution < -0.4 is 5.32 Å². The third-order valence-corrected chi connectivity index (χ3v) is 2.27. The average molecular weight is 250 g/mol. The van der Waals surface area contributed by atoms with Crippen LogP contribution in [0.15, 0.2) is 10.7 Å². The number of carboxylic acids is 1. The maximum Gasteiger partial charge on any atom is 0.339 e. The molecule has 0 atom stereocenters. The zero-order valence-corrected chi connectivity index (χ0v) is 9.64. The molecule has 0 saturated heterocycles. The number of hydrogen-bond donors (Lipinski definition) is 3. The second kappa shape index (κ2) is 4.32. The van der Waals surface area contributed by atoms with Gasteiger partial charge < -0.3 is 19.9 Å². The number of rotatable bonds is 3. The van der Waals surface area contributed by atoms with Gasteiger partial charge in [-0.15, -0.1) is 0 Å². The van der Waals surface area contributed by atoms with Crippen molar-refractivity contribution in [2.24, 2.45) is 0 Å². The van der Waals surface area contributed by atoms with Crippen LogP contribution in [0.5, 0.6) is 0 Å². The first-order chi connectivity index (χ1) is 8.49. The average Bonchev–Trinajstić information content (AvgIpc) is 2.85. The van der Waals surface area contributed by atoms with Crippen molar-refractivity contribution in [2.75, 3.05) is 5.32 Å². The van der Waals surface area contributed by atoms with E-state index >= 15 is 0 Å². The van der Waals surface area contributed by atoms with Gasteiger partial charge in [0, 0.05) is 18.8 Å². The molecule has 0 aliphatic heterocycles. The number of H-pyrrole nitrogens is 1. The van der Waals surface area contributed by atoms with E-state index in [9.17, 15) is 9.59 Å². The number of aromatic amines is 1. The molecule has 0 aromatic carbocycles. The SMILES string of the molecule is Cc1nc(C(=O)Nc2c[nH]c(C)c2C(=O)O)no1. The number of carboxylic acid groups (broad SMARTS) is 1. The van der Waals surface area contributed by atoms with E-state index in [1.807, 2.05) is 0 Å². The minimum atomic E-state index is -1.13. The van der Waals surface area contributed by atoms with Gasteiger partial charge in [0.1, 0.15) is 5.56 Å². The maximum absolute atomic E-state index is 11.7. The van der Waals surface area contributed by atoms with Crippen LogP contribution in [-0.2, 0) is 0 Å². The second-order valence-electron chi connectivity index (χ2n) is 3.60. The van der Waals surface area contributed by atoms with E-state index in [4.69, 9.17) is 5.11 Å². The molecular weight excluding hydrogens is 240 g/mol. The summed E-state index contributed by atoms with van der Waals surface area (Å²) in [6.45, 7) is 3.14. The van der Waals surface area contributed by atoms with Crippen molar-refractivity contribution in [3.05, 3.63) is 29.2 Å². The Kier molecular flexibility index (Phi) is 2.84. The number of carbonyl (C=O) groups is 2. The van der Waals surface area contributed by atoms with Crippen LogP contribution >= 0.6 is 0 Å². The first-order valence-electron chi connectivity index (χ1n) is 5.02. The lowest BCUT2D eigenvalue weighted by Crippen LogP contribution is -2.15. The number of anilines is 1. The number of aromatic carboxylic acids is 1. The van der Waals surface area contributed by atoms with E-state index in [0.717, 1.165) is 0 Å². The van der Waals surface area contributed by atoms with Crippen molar-refractivity contribution >= 4 is 17.6 Å². The molecule has 0 saturated carbocycles. The molecule has 0 unspecified atom stereocenters. The van der Waals surface area contributed by atoms with Crippen molar-refractivity contribution < 1.29 is 19.2 Å². The standard InChI is InChI=1S/C10H10N4O4/c1-4-7(10(16)17)6(3-11-4)13-9(15)8-12-5(2)18-14-8/h3,11H,1-2H3,(H,13,15)(H,16,17). The minimum Gasteiger partial charge on any atom is -0.478 e. The van der Waals surface area contributed by atoms with Gasteiger partial charge in [-0.2, -0.15) is 4.98 Å². The number of nitrogens with one attached hydrogen (secondary N) is 2. The summed E-state index contributed by atoms with van der Waals surface area (Å²) in [4.78, 5) is 29.2. The van der Waals surface area contributed by atoms with Crippen LogP contribution in [0.4, 0.5) is 5.69 Å². The lowest BCUT2D eigenvalue weighted by molar-refractivity contribution is 0.0697. The Morgan fingerprint density at radius 2 is 2.17 bits per heavy atom. The van der Waals surface area contributed by atoms with Crippen LogP contribution in [0.1, 0.15) is 32.6 Å². The molecule has 3 N–H and O–H groups in total. The highest BCUT2D eigenvalue weighted by Gasteiger charge is 2.19. The largest absolute Gasteiger partial charge is 0.478 e. The summed E-state index contributed by atoms with van der Waals surface area (Å²) in [7, 11) is 0. The normalized spacial score (nSPS) is 10.3. The molecule has 0 radical (unpaired) electrons. The fourth-order valence-electron chi connectivity index (χ4n) is 1.47. The second-order valence-corrected chi connectivity index (χ2v) is 3.60. The first-order valence-corrected chi connectivity index (χ1v) is 5.02. The number of nitrogens with zero attached hydrogens (tertiary/aromatic N) is 2. The van der Waals surface area contributed by atoms with Gasteiger partial charge >= 0.3 is 5.97 Å². The summed E-state index contributed by atoms with van der Waals surface area (Å²) in [6.07, 6.45) is 1.39. The van der Waals surface area contributed by atoms with Gasteiger partial charge in [0.25, 0.3) is 11.7 Å². The van der Waals surface area contributed by atoms with Crippen molar-refractivity contribution in [3.8, 4) is 0 Å². The number of aromatic nitrogens is 3. The van der Waals surface area contributed by atoms with Gasteiger partial charge in [0.15, 0.2) is 0 Å². The first kappa shape index (κ1) is 11.8. The maximum atomic E-state index is 11.7. The molecule has 2 aromatic heterocycles. The molecule has 18 heavy (non-hydrogen) atoms. The monoisotopic (exact) mass is 250 g/mol. The van der Waals surface area contributed by atoms with E-state index in [2.05, 4.69) is 25.0 Å². The Labute approximate surface area is 101 Å². The third-order valence-electron chi connectivity index (χ3n) is 2.27. The Hall–Kier alpha value is -2.64. The third kappa shape index (κ3) is 2.08.